The summed E-state index contributed by atoms with van der Waals surface area (Å²) in [4.78, 5) is 25.1. The molecule has 0 fully saturated rings. The van der Waals surface area contributed by atoms with Crippen LogP contribution in [0.25, 0.3) is 10.9 Å². The largest absolute Gasteiger partial charge is 0.506 e. The number of methoxy groups -OCH3 is 2. The van der Waals surface area contributed by atoms with Gasteiger partial charge in [-0.15, -0.1) is 5.92 Å². The van der Waals surface area contributed by atoms with E-state index in [9.17, 15) is 14.7 Å². The van der Waals surface area contributed by atoms with Crippen molar-refractivity contribution in [3.8, 4) is 29.1 Å². The van der Waals surface area contributed by atoms with E-state index in [4.69, 9.17) is 14.2 Å². The number of ether oxygens (including phenoxy) is 3. The monoisotopic (exact) mass is 357 g/mol. The van der Waals surface area contributed by atoms with E-state index in [1.54, 1.807) is 13.0 Å². The highest BCUT2D eigenvalue weighted by atomic mass is 16.5. The molecule has 0 unspecified atom stereocenters. The van der Waals surface area contributed by atoms with Gasteiger partial charge < -0.3 is 19.3 Å². The average Bonchev–Trinajstić information content (AvgIpc) is 2.65. The maximum Gasteiger partial charge on any atom is 0.347 e. The number of carbonyl (C=O) groups is 1. The van der Waals surface area contributed by atoms with Crippen LogP contribution in [0.2, 0.25) is 0 Å². The maximum absolute atomic E-state index is 12.8. The van der Waals surface area contributed by atoms with Gasteiger partial charge in [-0.3, -0.25) is 9.36 Å². The van der Waals surface area contributed by atoms with Gasteiger partial charge >= 0.3 is 5.97 Å². The molecule has 0 saturated heterocycles. The molecule has 0 aliphatic carbocycles. The van der Waals surface area contributed by atoms with Crippen LogP contribution < -0.4 is 15.0 Å². The summed E-state index contributed by atoms with van der Waals surface area (Å²) in [6.07, 6.45) is 1.37. The van der Waals surface area contributed by atoms with Crippen molar-refractivity contribution < 1.29 is 24.1 Å². The zero-order chi connectivity index (χ0) is 19.3. The Balaban J connectivity index is 2.88. The number of fused-ring (bicyclic) bond motifs is 1. The number of carbonyl (C=O) groups excluding carboxylic acids is 1. The molecule has 0 saturated carbocycles. The lowest BCUT2D eigenvalue weighted by Crippen LogP contribution is -2.28. The second kappa shape index (κ2) is 8.12. The molecule has 26 heavy (non-hydrogen) atoms. The first-order valence-corrected chi connectivity index (χ1v) is 7.69. The average molecular weight is 357 g/mol. The van der Waals surface area contributed by atoms with E-state index in [1.165, 1.54) is 30.9 Å². The maximum atomic E-state index is 12.8. The summed E-state index contributed by atoms with van der Waals surface area (Å²) in [6, 6.07) is 3.04. The first kappa shape index (κ1) is 18.9. The Morgan fingerprint density at radius 2 is 1.96 bits per heavy atom. The van der Waals surface area contributed by atoms with Crippen LogP contribution in [0, 0.1) is 11.8 Å². The molecule has 0 atom stereocenters. The predicted molar refractivity (Wildman–Crippen MR) is 96.9 cm³/mol. The van der Waals surface area contributed by atoms with Crippen LogP contribution >= 0.6 is 0 Å². The van der Waals surface area contributed by atoms with Gasteiger partial charge in [-0.1, -0.05) is 18.6 Å². The molecular formula is C19H19NO6. The fourth-order valence-electron chi connectivity index (χ4n) is 2.47. The third-order valence-electron chi connectivity index (χ3n) is 3.69. The summed E-state index contributed by atoms with van der Waals surface area (Å²) in [6.45, 7) is 5.03. The minimum atomic E-state index is -0.942. The molecule has 0 radical (unpaired) electrons. The van der Waals surface area contributed by atoms with Crippen molar-refractivity contribution in [3.05, 3.63) is 40.7 Å². The van der Waals surface area contributed by atoms with Gasteiger partial charge in [0.15, 0.2) is 17.1 Å². The molecule has 7 nitrogen and oxygen atoms in total. The Hall–Kier alpha value is -3.40. The fourth-order valence-corrected chi connectivity index (χ4v) is 2.47. The first-order chi connectivity index (χ1) is 12.5. The van der Waals surface area contributed by atoms with E-state index in [0.29, 0.717) is 17.0 Å². The third-order valence-corrected chi connectivity index (χ3v) is 3.69. The highest BCUT2D eigenvalue weighted by Gasteiger charge is 2.24. The molecule has 2 aromatic rings. The smallest absolute Gasteiger partial charge is 0.347 e. The quantitative estimate of drug-likeness (QED) is 0.484. The van der Waals surface area contributed by atoms with Crippen LogP contribution in [0.4, 0.5) is 0 Å². The Labute approximate surface area is 150 Å². The summed E-state index contributed by atoms with van der Waals surface area (Å²) < 4.78 is 16.7. The van der Waals surface area contributed by atoms with Crippen LogP contribution in [0.1, 0.15) is 17.3 Å². The van der Waals surface area contributed by atoms with Gasteiger partial charge in [0.25, 0.3) is 5.56 Å². The van der Waals surface area contributed by atoms with Gasteiger partial charge in [-0.25, -0.2) is 4.79 Å². The lowest BCUT2D eigenvalue weighted by Gasteiger charge is -2.15. The second-order valence-corrected chi connectivity index (χ2v) is 5.15. The summed E-state index contributed by atoms with van der Waals surface area (Å²) in [5.74, 6) is 4.77. The zero-order valence-corrected chi connectivity index (χ0v) is 14.8. The van der Waals surface area contributed by atoms with E-state index in [0.717, 1.165) is 0 Å². The number of rotatable bonds is 6. The van der Waals surface area contributed by atoms with Gasteiger partial charge in [-0.05, 0) is 13.0 Å². The molecule has 1 heterocycles. The topological polar surface area (TPSA) is 87.0 Å². The molecule has 7 heteroatoms. The van der Waals surface area contributed by atoms with E-state index < -0.39 is 22.8 Å². The van der Waals surface area contributed by atoms with E-state index in [1.807, 2.05) is 0 Å². The Morgan fingerprint density at radius 1 is 1.31 bits per heavy atom. The summed E-state index contributed by atoms with van der Waals surface area (Å²) >= 11 is 0. The van der Waals surface area contributed by atoms with Crippen molar-refractivity contribution in [2.45, 2.75) is 13.5 Å². The van der Waals surface area contributed by atoms with Crippen LogP contribution in [0.5, 0.6) is 17.2 Å². The van der Waals surface area contributed by atoms with Gasteiger partial charge in [0.2, 0.25) is 0 Å². The van der Waals surface area contributed by atoms with Crippen molar-refractivity contribution in [1.29, 1.82) is 0 Å². The van der Waals surface area contributed by atoms with Crippen LogP contribution in [0.15, 0.2) is 29.6 Å². The number of aromatic hydroxyl groups is 1. The SMILES string of the molecule is C=CCOC(=O)c1c(O)c2cc(OC)c(OC)cc2n(CC#CC)c1=O. The Morgan fingerprint density at radius 3 is 2.54 bits per heavy atom. The molecule has 1 aromatic carbocycles. The number of hydrogen-bond donors (Lipinski definition) is 1. The minimum Gasteiger partial charge on any atom is -0.506 e. The van der Waals surface area contributed by atoms with E-state index in [-0.39, 0.29) is 18.5 Å². The van der Waals surface area contributed by atoms with E-state index in [2.05, 4.69) is 18.4 Å². The number of pyridine rings is 1. The minimum absolute atomic E-state index is 0.0311. The van der Waals surface area contributed by atoms with Crippen LogP contribution in [-0.4, -0.2) is 36.5 Å². The molecule has 0 bridgehead atoms. The molecule has 1 N–H and O–H groups in total. The van der Waals surface area contributed by atoms with Crippen molar-refractivity contribution in [2.24, 2.45) is 0 Å². The molecule has 0 aliphatic heterocycles. The van der Waals surface area contributed by atoms with Gasteiger partial charge in [0.1, 0.15) is 12.4 Å². The summed E-state index contributed by atoms with van der Waals surface area (Å²) in [7, 11) is 2.90. The Bertz CT molecular complexity index is 978. The van der Waals surface area contributed by atoms with Crippen molar-refractivity contribution in [1.82, 2.24) is 4.57 Å². The second-order valence-electron chi connectivity index (χ2n) is 5.15. The number of benzene rings is 1. The van der Waals surface area contributed by atoms with Crippen LogP contribution in [0.3, 0.4) is 0 Å². The van der Waals surface area contributed by atoms with Crippen LogP contribution in [-0.2, 0) is 11.3 Å². The number of nitrogens with zero attached hydrogens (tertiary/aromatic N) is 1. The lowest BCUT2D eigenvalue weighted by atomic mass is 10.1. The molecule has 2 rings (SSSR count). The number of hydrogen-bond acceptors (Lipinski definition) is 6. The van der Waals surface area contributed by atoms with Gasteiger partial charge in [0, 0.05) is 11.5 Å². The summed E-state index contributed by atoms with van der Waals surface area (Å²) in [5, 5.41) is 10.8. The van der Waals surface area contributed by atoms with Gasteiger partial charge in [0.05, 0.1) is 26.3 Å². The van der Waals surface area contributed by atoms with Crippen molar-refractivity contribution in [3.63, 3.8) is 0 Å². The molecule has 1 aromatic heterocycles. The number of aromatic nitrogens is 1. The molecule has 136 valence electrons. The third kappa shape index (κ3) is 3.35. The molecule has 0 spiro atoms. The first-order valence-electron chi connectivity index (χ1n) is 7.69. The lowest BCUT2D eigenvalue weighted by molar-refractivity contribution is 0.0544. The molecule has 0 amide bonds. The standard InChI is InChI=1S/C19H19NO6/c1-5-7-8-20-13-11-15(25-4)14(24-3)10-12(13)17(21)16(18(20)22)19(23)26-9-6-2/h6,10-11,21H,2,8-9H2,1,3-4H3. The molecular weight excluding hydrogens is 338 g/mol. The Kier molecular flexibility index (Phi) is 5.91. The highest BCUT2D eigenvalue weighted by molar-refractivity contribution is 6.00. The van der Waals surface area contributed by atoms with Crippen molar-refractivity contribution >= 4 is 16.9 Å². The molecule has 0 aliphatic rings. The van der Waals surface area contributed by atoms with Gasteiger partial charge in [-0.2, -0.15) is 0 Å². The van der Waals surface area contributed by atoms with Crippen molar-refractivity contribution in [2.75, 3.05) is 20.8 Å². The van der Waals surface area contributed by atoms with E-state index >= 15 is 0 Å². The highest BCUT2D eigenvalue weighted by Crippen LogP contribution is 2.36. The summed E-state index contributed by atoms with van der Waals surface area (Å²) in [5.41, 5.74) is -0.823. The predicted octanol–water partition coefficient (Wildman–Crippen LogP) is 2.09. The zero-order valence-electron chi connectivity index (χ0n) is 14.8. The fraction of sp³-hybridized carbons (Fsp3) is 0.263. The normalized spacial score (nSPS) is 9.96. The number of esters is 1.